The summed E-state index contributed by atoms with van der Waals surface area (Å²) in [5, 5.41) is 58.6. The van der Waals surface area contributed by atoms with Crippen LogP contribution in [0, 0.1) is 11.3 Å². The number of rotatable bonds is 7. The predicted octanol–water partition coefficient (Wildman–Crippen LogP) is 3.96. The summed E-state index contributed by atoms with van der Waals surface area (Å²) in [6.45, 7) is 5.10. The van der Waals surface area contributed by atoms with E-state index in [1.54, 1.807) is 6.92 Å². The molecule has 280 valence electrons. The number of nitrogens with one attached hydrogen (secondary N) is 1. The number of carbonyl (C=O) groups excluding carboxylic acids is 4. The highest BCUT2D eigenvalue weighted by molar-refractivity contribution is 6.31. The normalized spacial score (nSPS) is 30.1. The lowest BCUT2D eigenvalue weighted by molar-refractivity contribution is -0.151. The molecule has 0 radical (unpaired) electrons. The average Bonchev–Trinajstić information content (AvgIpc) is 3.09. The number of ketones is 3. The van der Waals surface area contributed by atoms with Gasteiger partial charge in [0.15, 0.2) is 11.6 Å². The molecule has 13 nitrogen and oxygen atoms in total. The van der Waals surface area contributed by atoms with E-state index in [1.165, 1.54) is 25.3 Å². The molecule has 0 aliphatic heterocycles. The van der Waals surface area contributed by atoms with Crippen LogP contribution >= 0.6 is 0 Å². The number of aromatic hydroxyl groups is 2. The molecule has 1 fully saturated rings. The number of aliphatic hydroxyl groups is 3. The van der Waals surface area contributed by atoms with Crippen LogP contribution in [0.4, 0.5) is 4.79 Å². The molecule has 0 saturated heterocycles. The molecule has 0 bridgehead atoms. The molecule has 6 N–H and O–H groups in total. The molecule has 4 aliphatic rings. The van der Waals surface area contributed by atoms with Crippen molar-refractivity contribution in [3.05, 3.63) is 63.7 Å². The van der Waals surface area contributed by atoms with E-state index in [4.69, 9.17) is 14.2 Å². The Morgan fingerprint density at radius 3 is 2.46 bits per heavy atom. The Bertz CT molecular complexity index is 1820. The van der Waals surface area contributed by atoms with Crippen LogP contribution in [-0.2, 0) is 20.7 Å². The van der Waals surface area contributed by atoms with Crippen LogP contribution in [0.15, 0.2) is 30.4 Å². The third-order valence-electron chi connectivity index (χ3n) is 11.2. The van der Waals surface area contributed by atoms with Crippen LogP contribution in [0.25, 0.3) is 0 Å². The van der Waals surface area contributed by atoms with Crippen molar-refractivity contribution in [2.24, 2.45) is 11.3 Å². The largest absolute Gasteiger partial charge is 0.507 e. The van der Waals surface area contributed by atoms with Crippen molar-refractivity contribution in [1.82, 2.24) is 5.32 Å². The van der Waals surface area contributed by atoms with E-state index in [-0.39, 0.29) is 46.3 Å². The van der Waals surface area contributed by atoms with Gasteiger partial charge in [0.1, 0.15) is 35.6 Å². The lowest BCUT2D eigenvalue weighted by atomic mass is 9.71. The predicted molar refractivity (Wildman–Crippen MR) is 186 cm³/mol. The van der Waals surface area contributed by atoms with Gasteiger partial charge in [-0.3, -0.25) is 14.4 Å². The molecule has 0 aromatic heterocycles. The highest BCUT2D eigenvalue weighted by atomic mass is 16.6. The number of ether oxygens (including phenoxy) is 3. The van der Waals surface area contributed by atoms with Gasteiger partial charge in [0.05, 0.1) is 48.2 Å². The number of alkyl carbamates (subject to hydrolysis) is 1. The van der Waals surface area contributed by atoms with Gasteiger partial charge in [-0.1, -0.05) is 39.0 Å². The molecule has 1 saturated carbocycles. The van der Waals surface area contributed by atoms with Crippen molar-refractivity contribution < 1.29 is 58.9 Å². The van der Waals surface area contributed by atoms with Crippen LogP contribution in [0.3, 0.4) is 0 Å². The summed E-state index contributed by atoms with van der Waals surface area (Å²) in [5.41, 5.74) is -3.53. The van der Waals surface area contributed by atoms with Gasteiger partial charge >= 0.3 is 6.09 Å². The lowest BCUT2D eigenvalue weighted by Gasteiger charge is -2.43. The monoisotopic (exact) mass is 721 g/mol. The molecule has 52 heavy (non-hydrogen) atoms. The molecule has 6 rings (SSSR count). The van der Waals surface area contributed by atoms with Gasteiger partial charge in [-0.05, 0) is 62.0 Å². The fourth-order valence-electron chi connectivity index (χ4n) is 8.25. The second-order valence-corrected chi connectivity index (χ2v) is 15.4. The molecular formula is C39H47NO12. The van der Waals surface area contributed by atoms with Crippen LogP contribution in [0.2, 0.25) is 0 Å². The number of Topliss-reactive ketones (excluding diaryl/α,β-unsaturated/α-hetero) is 1. The number of phenolic OH excluding ortho intramolecular Hbond substituents is 2. The van der Waals surface area contributed by atoms with E-state index >= 15 is 0 Å². The molecule has 2 aromatic carbocycles. The van der Waals surface area contributed by atoms with Crippen molar-refractivity contribution >= 4 is 23.4 Å². The van der Waals surface area contributed by atoms with E-state index in [0.717, 1.165) is 19.3 Å². The Morgan fingerprint density at radius 2 is 1.75 bits per heavy atom. The molecular weight excluding hydrogens is 674 g/mol. The van der Waals surface area contributed by atoms with Crippen molar-refractivity contribution in [2.45, 2.75) is 108 Å². The maximum absolute atomic E-state index is 13.9. The minimum atomic E-state index is -2.27. The molecule has 13 heteroatoms. The summed E-state index contributed by atoms with van der Waals surface area (Å²) in [6, 6.07) is 3.57. The first-order valence-corrected chi connectivity index (χ1v) is 17.8. The number of hydrogen-bond donors (Lipinski definition) is 6. The van der Waals surface area contributed by atoms with Gasteiger partial charge in [0.2, 0.25) is 5.78 Å². The van der Waals surface area contributed by atoms with E-state index < -0.39 is 107 Å². The number of methoxy groups -OCH3 is 1. The van der Waals surface area contributed by atoms with Gasteiger partial charge in [-0.25, -0.2) is 4.79 Å². The first-order valence-electron chi connectivity index (χ1n) is 17.8. The molecule has 0 spiro atoms. The van der Waals surface area contributed by atoms with Crippen molar-refractivity contribution in [1.29, 1.82) is 0 Å². The molecule has 2 aromatic rings. The minimum absolute atomic E-state index is 0.0574. The standard InChI is InChI=1S/C39H47NO12/c1-19-14-21(15-24(32(19)43)40-37(48)52-20-8-5-6-12-38(2,3)13-11-20)51-26-17-39(49,27(42)18-41)16-23-29(26)36(47)31-30(34(23)45)33(44)22-9-7-10-25(50-4)28(22)35(31)46/h5,7-10,19-21,24,26,32,41,43,45,47,49H,6,11-18H2,1-4H3,(H,40,48)/b8-5+/t19-,20?,21?,24+,26+,32-,39+/m1/s1. The van der Waals surface area contributed by atoms with E-state index in [9.17, 15) is 44.7 Å². The van der Waals surface area contributed by atoms with Gasteiger partial charge in [-0.2, -0.15) is 0 Å². The van der Waals surface area contributed by atoms with Gasteiger partial charge in [0, 0.05) is 29.5 Å². The van der Waals surface area contributed by atoms with Crippen LogP contribution < -0.4 is 10.1 Å². The molecule has 0 heterocycles. The summed E-state index contributed by atoms with van der Waals surface area (Å²) < 4.78 is 17.6. The number of hydrogen-bond acceptors (Lipinski definition) is 12. The van der Waals surface area contributed by atoms with Crippen molar-refractivity contribution in [3.63, 3.8) is 0 Å². The summed E-state index contributed by atoms with van der Waals surface area (Å²) in [5.74, 6) is -4.18. The topological polar surface area (TPSA) is 209 Å². The Kier molecular flexibility index (Phi) is 10.3. The van der Waals surface area contributed by atoms with Crippen molar-refractivity contribution in [2.75, 3.05) is 13.7 Å². The van der Waals surface area contributed by atoms with Gasteiger partial charge < -0.3 is 45.1 Å². The van der Waals surface area contributed by atoms with Crippen LogP contribution in [-0.4, -0.2) is 92.6 Å². The van der Waals surface area contributed by atoms with Gasteiger partial charge in [0.25, 0.3) is 0 Å². The average molecular weight is 722 g/mol. The molecule has 7 atom stereocenters. The zero-order chi connectivity index (χ0) is 37.7. The second kappa shape index (κ2) is 14.3. The molecule has 2 unspecified atom stereocenters. The second-order valence-electron chi connectivity index (χ2n) is 15.4. The fourth-order valence-corrected chi connectivity index (χ4v) is 8.25. The third kappa shape index (κ3) is 6.82. The molecule has 4 aliphatic carbocycles. The Morgan fingerprint density at radius 1 is 1.02 bits per heavy atom. The van der Waals surface area contributed by atoms with Crippen molar-refractivity contribution in [3.8, 4) is 17.2 Å². The van der Waals surface area contributed by atoms with E-state index in [2.05, 4.69) is 19.2 Å². The van der Waals surface area contributed by atoms with E-state index in [1.807, 2.05) is 12.2 Å². The quantitative estimate of drug-likeness (QED) is 0.151. The fraction of sp³-hybridized carbons (Fsp3) is 0.538. The number of phenols is 2. The Balaban J connectivity index is 1.31. The van der Waals surface area contributed by atoms with Crippen LogP contribution in [0.1, 0.15) is 115 Å². The number of amides is 1. The smallest absolute Gasteiger partial charge is 0.408 e. The third-order valence-corrected chi connectivity index (χ3v) is 11.2. The summed E-state index contributed by atoms with van der Waals surface area (Å²) >= 11 is 0. The number of fused-ring (bicyclic) bond motifs is 3. The number of allylic oxidation sites excluding steroid dienone is 1. The zero-order valence-corrected chi connectivity index (χ0v) is 29.8. The number of benzene rings is 2. The first kappa shape index (κ1) is 37.5. The maximum Gasteiger partial charge on any atom is 0.408 e. The van der Waals surface area contributed by atoms with Crippen LogP contribution in [0.5, 0.6) is 17.2 Å². The summed E-state index contributed by atoms with van der Waals surface area (Å²) in [6.07, 6.45) is 2.44. The number of carbonyl (C=O) groups is 4. The highest BCUT2D eigenvalue weighted by Gasteiger charge is 2.50. The van der Waals surface area contributed by atoms with Gasteiger partial charge in [-0.15, -0.1) is 0 Å². The lowest BCUT2D eigenvalue weighted by Crippen LogP contribution is -2.53. The minimum Gasteiger partial charge on any atom is -0.507 e. The Labute approximate surface area is 301 Å². The summed E-state index contributed by atoms with van der Waals surface area (Å²) in [4.78, 5) is 53.8. The molecule has 1 amide bonds. The number of aliphatic hydroxyl groups excluding tert-OH is 2. The highest BCUT2D eigenvalue weighted by Crippen LogP contribution is 2.52. The Hall–Kier alpha value is -4.30. The summed E-state index contributed by atoms with van der Waals surface area (Å²) in [7, 11) is 1.33. The first-order chi connectivity index (χ1) is 24.6. The maximum atomic E-state index is 13.9. The SMILES string of the molecule is COc1cccc2c1C(=O)c1c(O)c3c(c(O)c1C2=O)C[C@@](O)(C(=O)CO)C[C@@H]3OC1C[C@@H](C)[C@@H](O)[C@@H](NC(=O)OC2/C=C/CCC(C)(C)CC2)C1. The van der Waals surface area contributed by atoms with E-state index in [0.29, 0.717) is 6.42 Å². The zero-order valence-electron chi connectivity index (χ0n) is 29.8.